The van der Waals surface area contributed by atoms with E-state index in [4.69, 9.17) is 0 Å². The molecule has 5 rings (SSSR count). The molecular formula is C36H40N4O5. The molecule has 3 aromatic carbocycles. The van der Waals surface area contributed by atoms with Crippen molar-refractivity contribution in [3.05, 3.63) is 96.1 Å². The summed E-state index contributed by atoms with van der Waals surface area (Å²) in [5.41, 5.74) is 1.74. The Morgan fingerprint density at radius 3 is 2.56 bits per heavy atom. The second-order valence-electron chi connectivity index (χ2n) is 12.0. The van der Waals surface area contributed by atoms with Gasteiger partial charge in [-0.2, -0.15) is 0 Å². The summed E-state index contributed by atoms with van der Waals surface area (Å²) in [4.78, 5) is 66.2. The van der Waals surface area contributed by atoms with Crippen molar-refractivity contribution in [3.8, 4) is 0 Å². The van der Waals surface area contributed by atoms with Gasteiger partial charge in [0, 0.05) is 24.9 Å². The molecule has 3 N–H and O–H groups in total. The van der Waals surface area contributed by atoms with Crippen LogP contribution < -0.4 is 16.0 Å². The summed E-state index contributed by atoms with van der Waals surface area (Å²) < 4.78 is 0. The minimum atomic E-state index is -0.916. The fourth-order valence-corrected chi connectivity index (χ4v) is 6.57. The number of aldehydes is 1. The quantitative estimate of drug-likeness (QED) is 0.215. The number of carbonyl (C=O) groups is 5. The number of benzene rings is 3. The Balaban J connectivity index is 1.34. The molecule has 0 aromatic heterocycles. The van der Waals surface area contributed by atoms with E-state index in [1.54, 1.807) is 11.0 Å². The molecule has 2 fully saturated rings. The van der Waals surface area contributed by atoms with Crippen LogP contribution in [0.1, 0.15) is 43.7 Å². The number of nitrogens with one attached hydrogen (secondary N) is 3. The largest absolute Gasteiger partial charge is 0.356 e. The number of fused-ring (bicyclic) bond motifs is 1. The first kappa shape index (κ1) is 31.6. The Hall–Kier alpha value is -4.79. The second kappa shape index (κ2) is 14.8. The zero-order valence-electron chi connectivity index (χ0n) is 25.5. The van der Waals surface area contributed by atoms with E-state index in [0.29, 0.717) is 32.1 Å². The highest BCUT2D eigenvalue weighted by Gasteiger charge is 2.42. The summed E-state index contributed by atoms with van der Waals surface area (Å²) in [6.45, 7) is 2.54. The normalized spacial score (nSPS) is 21.4. The lowest BCUT2D eigenvalue weighted by atomic mass is 9.90. The zero-order chi connectivity index (χ0) is 31.8. The van der Waals surface area contributed by atoms with Crippen LogP contribution in [-0.2, 0) is 36.8 Å². The van der Waals surface area contributed by atoms with Gasteiger partial charge in [0.2, 0.25) is 23.6 Å². The first-order valence-electron chi connectivity index (χ1n) is 15.7. The van der Waals surface area contributed by atoms with Crippen LogP contribution in [0.15, 0.2) is 84.9 Å². The molecular weight excluding hydrogens is 568 g/mol. The monoisotopic (exact) mass is 608 g/mol. The molecule has 2 aliphatic rings. The highest BCUT2D eigenvalue weighted by atomic mass is 16.2. The minimum absolute atomic E-state index is 0.0440. The Morgan fingerprint density at radius 2 is 1.78 bits per heavy atom. The smallest absolute Gasteiger partial charge is 0.245 e. The summed E-state index contributed by atoms with van der Waals surface area (Å²) in [7, 11) is 0. The lowest BCUT2D eigenvalue weighted by molar-refractivity contribution is -0.136. The molecule has 5 atom stereocenters. The van der Waals surface area contributed by atoms with Crippen LogP contribution in [0.5, 0.6) is 0 Å². The van der Waals surface area contributed by atoms with Crippen molar-refractivity contribution in [3.63, 3.8) is 0 Å². The maximum absolute atomic E-state index is 13.9. The lowest BCUT2D eigenvalue weighted by Crippen LogP contribution is -2.53. The Kier molecular flexibility index (Phi) is 10.4. The Bertz CT molecular complexity index is 1570. The van der Waals surface area contributed by atoms with Crippen molar-refractivity contribution in [2.75, 3.05) is 6.54 Å². The number of hydrogen-bond acceptors (Lipinski definition) is 5. The predicted octanol–water partition coefficient (Wildman–Crippen LogP) is 3.26. The van der Waals surface area contributed by atoms with Gasteiger partial charge in [0.15, 0.2) is 0 Å². The summed E-state index contributed by atoms with van der Waals surface area (Å²) in [5, 5.41) is 10.8. The second-order valence-corrected chi connectivity index (χ2v) is 12.0. The fourth-order valence-electron chi connectivity index (χ4n) is 6.57. The number of likely N-dealkylation sites (tertiary alicyclic amines) is 1. The third kappa shape index (κ3) is 7.84. The average molecular weight is 609 g/mol. The molecule has 2 heterocycles. The molecule has 2 saturated heterocycles. The first-order valence-corrected chi connectivity index (χ1v) is 15.7. The molecule has 4 amide bonds. The number of carbonyl (C=O) groups excluding carboxylic acids is 5. The van der Waals surface area contributed by atoms with Gasteiger partial charge >= 0.3 is 0 Å². The third-order valence-electron chi connectivity index (χ3n) is 8.78. The SMILES string of the molecule is CC1C[C@H](NC(=O)[C@H](Cc2cccc3ccccc23)NC(=O)Cc2ccccc2)C(=O)N1[C@H](/C=C/C=O)C[C@@H]1CCCNC1=O. The van der Waals surface area contributed by atoms with Crippen molar-refractivity contribution >= 4 is 40.7 Å². The number of hydrogen-bond donors (Lipinski definition) is 3. The van der Waals surface area contributed by atoms with Crippen LogP contribution in [0.3, 0.4) is 0 Å². The molecule has 9 heteroatoms. The van der Waals surface area contributed by atoms with Gasteiger partial charge in [-0.3, -0.25) is 24.0 Å². The summed E-state index contributed by atoms with van der Waals surface area (Å²) >= 11 is 0. The van der Waals surface area contributed by atoms with Gasteiger partial charge in [-0.25, -0.2) is 0 Å². The number of rotatable bonds is 12. The fraction of sp³-hybridized carbons (Fsp3) is 0.361. The molecule has 0 bridgehead atoms. The van der Waals surface area contributed by atoms with Gasteiger partial charge in [0.05, 0.1) is 12.5 Å². The molecule has 9 nitrogen and oxygen atoms in total. The Morgan fingerprint density at radius 1 is 1.02 bits per heavy atom. The summed E-state index contributed by atoms with van der Waals surface area (Å²) in [6, 6.07) is 20.7. The standard InChI is InChI=1S/C36H40N4O5/c1-24-20-32(36(45)40(24)29(16-9-19-41)22-28-15-8-18-37-34(28)43)39-35(44)31(38-33(42)21-25-10-3-2-4-11-25)23-27-14-7-13-26-12-5-6-17-30(26)27/h2-7,9-14,16-17,19,24,28-29,31-32H,8,15,18,20-23H2,1H3,(H,37,43)(H,38,42)(H,39,44)/b16-9+/t24?,28-,29+,31-,32-/m0/s1. The Labute approximate surface area is 263 Å². The number of nitrogens with zero attached hydrogens (tertiary/aromatic N) is 1. The van der Waals surface area contributed by atoms with E-state index in [2.05, 4.69) is 16.0 Å². The summed E-state index contributed by atoms with van der Waals surface area (Å²) in [6.07, 6.45) is 6.39. The molecule has 1 unspecified atom stereocenters. The maximum atomic E-state index is 13.9. The van der Waals surface area contributed by atoms with Crippen molar-refractivity contribution in [1.29, 1.82) is 0 Å². The van der Waals surface area contributed by atoms with E-state index in [-0.39, 0.29) is 42.5 Å². The van der Waals surface area contributed by atoms with E-state index in [0.717, 1.165) is 28.3 Å². The third-order valence-corrected chi connectivity index (χ3v) is 8.78. The van der Waals surface area contributed by atoms with Crippen molar-refractivity contribution in [2.24, 2.45) is 5.92 Å². The van der Waals surface area contributed by atoms with Crippen molar-refractivity contribution < 1.29 is 24.0 Å². The van der Waals surface area contributed by atoms with Gasteiger partial charge in [-0.15, -0.1) is 0 Å². The van der Waals surface area contributed by atoms with Crippen LogP contribution >= 0.6 is 0 Å². The van der Waals surface area contributed by atoms with Gasteiger partial charge in [-0.1, -0.05) is 78.9 Å². The highest BCUT2D eigenvalue weighted by molar-refractivity contribution is 5.94. The average Bonchev–Trinajstić information content (AvgIpc) is 3.32. The van der Waals surface area contributed by atoms with E-state index >= 15 is 0 Å². The molecule has 45 heavy (non-hydrogen) atoms. The molecule has 0 radical (unpaired) electrons. The van der Waals surface area contributed by atoms with Crippen LogP contribution in [0.2, 0.25) is 0 Å². The van der Waals surface area contributed by atoms with E-state index in [9.17, 15) is 24.0 Å². The van der Waals surface area contributed by atoms with E-state index in [1.807, 2.05) is 79.7 Å². The predicted molar refractivity (Wildman–Crippen MR) is 172 cm³/mol. The van der Waals surface area contributed by atoms with Crippen LogP contribution in [0.4, 0.5) is 0 Å². The van der Waals surface area contributed by atoms with Gasteiger partial charge < -0.3 is 20.9 Å². The van der Waals surface area contributed by atoms with Crippen LogP contribution in [0.25, 0.3) is 10.8 Å². The zero-order valence-corrected chi connectivity index (χ0v) is 25.5. The summed E-state index contributed by atoms with van der Waals surface area (Å²) in [5.74, 6) is -1.31. The van der Waals surface area contributed by atoms with Crippen LogP contribution in [0, 0.1) is 5.92 Å². The molecule has 0 aliphatic carbocycles. The first-order chi connectivity index (χ1) is 21.8. The topological polar surface area (TPSA) is 125 Å². The van der Waals surface area contributed by atoms with Gasteiger partial charge in [0.1, 0.15) is 18.4 Å². The van der Waals surface area contributed by atoms with Crippen molar-refractivity contribution in [2.45, 2.75) is 69.6 Å². The lowest BCUT2D eigenvalue weighted by Gasteiger charge is -2.33. The molecule has 3 aromatic rings. The number of allylic oxidation sites excluding steroid dienone is 1. The molecule has 234 valence electrons. The van der Waals surface area contributed by atoms with Crippen molar-refractivity contribution in [1.82, 2.24) is 20.9 Å². The molecule has 0 spiro atoms. The minimum Gasteiger partial charge on any atom is -0.356 e. The number of piperidine rings is 1. The molecule has 2 aliphatic heterocycles. The number of amides is 4. The van der Waals surface area contributed by atoms with E-state index < -0.39 is 24.0 Å². The van der Waals surface area contributed by atoms with Gasteiger partial charge in [-0.05, 0) is 60.6 Å². The molecule has 0 saturated carbocycles. The van der Waals surface area contributed by atoms with E-state index in [1.165, 1.54) is 6.08 Å². The maximum Gasteiger partial charge on any atom is 0.245 e. The highest BCUT2D eigenvalue weighted by Crippen LogP contribution is 2.28. The van der Waals surface area contributed by atoms with Gasteiger partial charge in [0.25, 0.3) is 0 Å². The van der Waals surface area contributed by atoms with Crippen LogP contribution in [-0.4, -0.2) is 65.5 Å².